The number of nitrogens with one attached hydrogen (secondary N) is 2. The van der Waals surface area contributed by atoms with Crippen molar-refractivity contribution >= 4 is 47.4 Å². The van der Waals surface area contributed by atoms with Crippen LogP contribution in [0.1, 0.15) is 24.6 Å². The van der Waals surface area contributed by atoms with E-state index in [0.29, 0.717) is 11.6 Å². The third-order valence-corrected chi connectivity index (χ3v) is 5.58. The lowest BCUT2D eigenvalue weighted by Gasteiger charge is -2.20. The molecular weight excluding hydrogens is 537 g/mol. The zero-order chi connectivity index (χ0) is 21.6. The second kappa shape index (κ2) is 11.5. The van der Waals surface area contributed by atoms with Crippen LogP contribution in [0.4, 0.5) is 5.82 Å². The molecule has 0 saturated carbocycles. The Morgan fingerprint density at radius 3 is 2.81 bits per heavy atom. The maximum atomic E-state index is 6.32. The van der Waals surface area contributed by atoms with E-state index in [9.17, 15) is 0 Å². The molecule has 1 saturated heterocycles. The zero-order valence-electron chi connectivity index (χ0n) is 18.3. The largest absolute Gasteiger partial charge is 0.357 e. The molecule has 1 aromatic carbocycles. The first kappa shape index (κ1) is 24.3. The summed E-state index contributed by atoms with van der Waals surface area (Å²) < 4.78 is 1.91. The number of rotatable bonds is 6. The number of hydrogen-bond acceptors (Lipinski definition) is 4. The van der Waals surface area contributed by atoms with Gasteiger partial charge < -0.3 is 15.5 Å². The van der Waals surface area contributed by atoms with E-state index in [1.165, 1.54) is 0 Å². The molecule has 3 aromatic rings. The lowest BCUT2D eigenvalue weighted by Crippen LogP contribution is -2.44. The quantitative estimate of drug-likeness (QED) is 0.267. The van der Waals surface area contributed by atoms with Crippen molar-refractivity contribution in [2.24, 2.45) is 4.99 Å². The maximum Gasteiger partial charge on any atom is 0.191 e. The highest BCUT2D eigenvalue weighted by Crippen LogP contribution is 2.25. The van der Waals surface area contributed by atoms with Gasteiger partial charge in [0.05, 0.1) is 22.9 Å². The molecule has 1 atom stereocenters. The Hall–Kier alpha value is -2.33. The summed E-state index contributed by atoms with van der Waals surface area (Å²) in [6.45, 7) is 7.18. The molecule has 0 radical (unpaired) electrons. The van der Waals surface area contributed by atoms with E-state index in [-0.39, 0.29) is 30.0 Å². The molecule has 0 aliphatic carbocycles. The van der Waals surface area contributed by atoms with Crippen molar-refractivity contribution in [2.45, 2.75) is 32.9 Å². The van der Waals surface area contributed by atoms with Crippen LogP contribution in [0.3, 0.4) is 0 Å². The van der Waals surface area contributed by atoms with E-state index < -0.39 is 0 Å². The Morgan fingerprint density at radius 1 is 1.22 bits per heavy atom. The van der Waals surface area contributed by atoms with Crippen LogP contribution in [-0.2, 0) is 6.54 Å². The predicted molar refractivity (Wildman–Crippen MR) is 142 cm³/mol. The van der Waals surface area contributed by atoms with Crippen LogP contribution in [-0.4, -0.2) is 46.4 Å². The lowest BCUT2D eigenvalue weighted by molar-refractivity contribution is 0.648. The number of anilines is 1. The Kier molecular flexibility index (Phi) is 8.75. The lowest BCUT2D eigenvalue weighted by atomic mass is 10.2. The molecule has 0 amide bonds. The summed E-state index contributed by atoms with van der Waals surface area (Å²) in [5.74, 6) is 1.66. The number of guanidine groups is 1. The summed E-state index contributed by atoms with van der Waals surface area (Å²) in [5.41, 5.74) is 3.16. The third-order valence-electron chi connectivity index (χ3n) is 5.28. The fourth-order valence-electron chi connectivity index (χ4n) is 3.78. The van der Waals surface area contributed by atoms with Gasteiger partial charge in [0.25, 0.3) is 0 Å². The van der Waals surface area contributed by atoms with Crippen LogP contribution in [0.2, 0.25) is 5.02 Å². The fraction of sp³-hybridized carbons (Fsp3) is 0.348. The standard InChI is InChI=1S/C23H28ClN7.HI/c1-3-25-23(28-19-11-13-30(16-19)22-20(24)8-6-12-26-22)27-15-18-7-4-5-9-21(18)31-14-10-17(2)29-31;/h4-10,12,14,19H,3,11,13,15-16H2,1-2H3,(H2,25,27,28);1H. The number of para-hydroxylation sites is 1. The number of pyridine rings is 1. The second-order valence-electron chi connectivity index (χ2n) is 7.61. The summed E-state index contributed by atoms with van der Waals surface area (Å²) in [5, 5.41) is 12.2. The predicted octanol–water partition coefficient (Wildman–Crippen LogP) is 4.18. The Balaban J connectivity index is 0.00000289. The van der Waals surface area contributed by atoms with Gasteiger partial charge in [-0.05, 0) is 50.1 Å². The van der Waals surface area contributed by atoms with Crippen LogP contribution in [0.25, 0.3) is 5.69 Å². The number of aryl methyl sites for hydroxylation is 1. The van der Waals surface area contributed by atoms with E-state index in [1.54, 1.807) is 6.20 Å². The molecule has 2 N–H and O–H groups in total. The van der Waals surface area contributed by atoms with Gasteiger partial charge in [-0.1, -0.05) is 29.8 Å². The molecule has 9 heteroatoms. The molecule has 4 rings (SSSR count). The van der Waals surface area contributed by atoms with Crippen LogP contribution >= 0.6 is 35.6 Å². The van der Waals surface area contributed by atoms with Crippen molar-refractivity contribution in [3.05, 3.63) is 71.1 Å². The number of benzene rings is 1. The molecule has 1 unspecified atom stereocenters. The molecule has 3 heterocycles. The molecular formula is C23H29ClIN7. The van der Waals surface area contributed by atoms with Gasteiger partial charge in [-0.25, -0.2) is 14.7 Å². The highest BCUT2D eigenvalue weighted by atomic mass is 127. The molecule has 1 aliphatic heterocycles. The fourth-order valence-corrected chi connectivity index (χ4v) is 4.02. The normalized spacial score (nSPS) is 16.0. The number of aliphatic imine (C=N–C) groups is 1. The average Bonchev–Trinajstić information content (AvgIpc) is 3.42. The number of aromatic nitrogens is 3. The number of halogens is 2. The topological polar surface area (TPSA) is 70.4 Å². The summed E-state index contributed by atoms with van der Waals surface area (Å²) in [7, 11) is 0. The molecule has 1 fully saturated rings. The van der Waals surface area contributed by atoms with Crippen molar-refractivity contribution in [3.8, 4) is 5.69 Å². The van der Waals surface area contributed by atoms with E-state index in [1.807, 2.05) is 48.1 Å². The number of nitrogens with zero attached hydrogens (tertiary/aromatic N) is 5. The number of hydrogen-bond donors (Lipinski definition) is 2. The van der Waals surface area contributed by atoms with Crippen molar-refractivity contribution in [3.63, 3.8) is 0 Å². The molecule has 2 aromatic heterocycles. The molecule has 0 bridgehead atoms. The first-order chi connectivity index (χ1) is 15.1. The van der Waals surface area contributed by atoms with E-state index >= 15 is 0 Å². The Labute approximate surface area is 211 Å². The smallest absolute Gasteiger partial charge is 0.191 e. The van der Waals surface area contributed by atoms with Crippen LogP contribution in [0.15, 0.2) is 59.9 Å². The van der Waals surface area contributed by atoms with Crippen LogP contribution < -0.4 is 15.5 Å². The maximum absolute atomic E-state index is 6.32. The highest BCUT2D eigenvalue weighted by molar-refractivity contribution is 14.0. The first-order valence-corrected chi connectivity index (χ1v) is 11.0. The Morgan fingerprint density at radius 2 is 2.06 bits per heavy atom. The van der Waals surface area contributed by atoms with Crippen molar-refractivity contribution < 1.29 is 0 Å². The first-order valence-electron chi connectivity index (χ1n) is 10.6. The summed E-state index contributed by atoms with van der Waals surface area (Å²) in [4.78, 5) is 11.5. The van der Waals surface area contributed by atoms with Gasteiger partial charge in [0, 0.05) is 38.1 Å². The van der Waals surface area contributed by atoms with Crippen molar-refractivity contribution in [2.75, 3.05) is 24.5 Å². The van der Waals surface area contributed by atoms with E-state index in [2.05, 4.69) is 44.7 Å². The second-order valence-corrected chi connectivity index (χ2v) is 8.02. The SMILES string of the molecule is CCNC(=NCc1ccccc1-n1ccc(C)n1)NC1CCN(c2ncccc2Cl)C1.I. The monoisotopic (exact) mass is 565 g/mol. The van der Waals surface area contributed by atoms with Crippen molar-refractivity contribution in [1.29, 1.82) is 0 Å². The van der Waals surface area contributed by atoms with Gasteiger partial charge in [-0.2, -0.15) is 5.10 Å². The average molecular weight is 566 g/mol. The summed E-state index contributed by atoms with van der Waals surface area (Å²) in [6.07, 6.45) is 4.77. The van der Waals surface area contributed by atoms with Gasteiger partial charge in [0.2, 0.25) is 0 Å². The van der Waals surface area contributed by atoms with Gasteiger partial charge >= 0.3 is 0 Å². The molecule has 32 heavy (non-hydrogen) atoms. The van der Waals surface area contributed by atoms with Gasteiger partial charge in [0.15, 0.2) is 5.96 Å². The zero-order valence-corrected chi connectivity index (χ0v) is 21.4. The summed E-state index contributed by atoms with van der Waals surface area (Å²) in [6, 6.07) is 14.3. The minimum absolute atomic E-state index is 0. The molecule has 1 aliphatic rings. The van der Waals surface area contributed by atoms with Crippen LogP contribution in [0.5, 0.6) is 0 Å². The van der Waals surface area contributed by atoms with Crippen molar-refractivity contribution in [1.82, 2.24) is 25.4 Å². The Bertz CT molecular complexity index is 1050. The van der Waals surface area contributed by atoms with E-state index in [0.717, 1.165) is 54.8 Å². The third kappa shape index (κ3) is 5.92. The van der Waals surface area contributed by atoms with Gasteiger partial charge in [-0.3, -0.25) is 0 Å². The molecule has 7 nitrogen and oxygen atoms in total. The summed E-state index contributed by atoms with van der Waals surface area (Å²) >= 11 is 6.32. The highest BCUT2D eigenvalue weighted by Gasteiger charge is 2.25. The van der Waals surface area contributed by atoms with Gasteiger partial charge in [0.1, 0.15) is 5.82 Å². The van der Waals surface area contributed by atoms with E-state index in [4.69, 9.17) is 16.6 Å². The molecule has 0 spiro atoms. The van der Waals surface area contributed by atoms with Gasteiger partial charge in [-0.15, -0.1) is 24.0 Å². The molecule has 170 valence electrons. The minimum atomic E-state index is 0. The van der Waals surface area contributed by atoms with Crippen LogP contribution in [0, 0.1) is 6.92 Å². The minimum Gasteiger partial charge on any atom is -0.357 e.